The van der Waals surface area contributed by atoms with Crippen LogP contribution in [-0.2, 0) is 0 Å². The summed E-state index contributed by atoms with van der Waals surface area (Å²) in [5, 5.41) is 22.4. The average molecular weight is 669 g/mol. The highest BCUT2D eigenvalue weighted by Crippen LogP contribution is 2.62. The lowest BCUT2D eigenvalue weighted by atomic mass is 9.47. The molecule has 12 rings (SSSR count). The van der Waals surface area contributed by atoms with Crippen molar-refractivity contribution in [3.63, 3.8) is 0 Å². The third-order valence-electron chi connectivity index (χ3n) is 14.2. The maximum Gasteiger partial charge on any atom is 0.135 e. The Balaban J connectivity index is 0.870. The zero-order chi connectivity index (χ0) is 33.8. The van der Waals surface area contributed by atoms with E-state index in [9.17, 15) is 10.2 Å². The van der Waals surface area contributed by atoms with Crippen LogP contribution in [0.1, 0.15) is 74.3 Å². The second-order valence-electron chi connectivity index (χ2n) is 17.0. The van der Waals surface area contributed by atoms with Crippen LogP contribution >= 0.6 is 0 Å². The van der Waals surface area contributed by atoms with Crippen molar-refractivity contribution in [1.82, 2.24) is 0 Å². The van der Waals surface area contributed by atoms with Crippen LogP contribution in [0.4, 0.5) is 0 Å². The fourth-order valence-corrected chi connectivity index (χ4v) is 12.4. The lowest BCUT2D eigenvalue weighted by Gasteiger charge is -2.61. The van der Waals surface area contributed by atoms with Gasteiger partial charge in [0.25, 0.3) is 0 Å². The van der Waals surface area contributed by atoms with Crippen LogP contribution in [0.5, 0.6) is 23.0 Å². The molecule has 6 N–H and O–H groups in total. The van der Waals surface area contributed by atoms with E-state index in [4.69, 9.17) is 20.9 Å². The highest BCUT2D eigenvalue weighted by molar-refractivity contribution is 5.76. The van der Waals surface area contributed by atoms with Gasteiger partial charge >= 0.3 is 0 Å². The molecule has 258 valence electrons. The highest BCUT2D eigenvalue weighted by Gasteiger charge is 2.60. The van der Waals surface area contributed by atoms with Gasteiger partial charge in [-0.3, -0.25) is 0 Å². The molecule has 8 saturated carbocycles. The number of nitrogens with two attached hydrogens (primary N) is 2. The molecule has 12 unspecified atom stereocenters. The Morgan fingerprint density at radius 2 is 0.900 bits per heavy atom. The summed E-state index contributed by atoms with van der Waals surface area (Å²) in [6.07, 6.45) is 8.07. The Labute approximate surface area is 294 Å². The second-order valence-corrected chi connectivity index (χ2v) is 17.0. The van der Waals surface area contributed by atoms with E-state index in [0.717, 1.165) is 72.6 Å². The Bertz CT molecular complexity index is 1770. The molecule has 0 saturated heterocycles. The van der Waals surface area contributed by atoms with Gasteiger partial charge in [0.2, 0.25) is 0 Å². The fourth-order valence-electron chi connectivity index (χ4n) is 12.4. The van der Waals surface area contributed by atoms with Crippen LogP contribution in [-0.4, -0.2) is 33.5 Å². The molecule has 6 nitrogen and oxygen atoms in total. The predicted molar refractivity (Wildman–Crippen MR) is 194 cm³/mol. The summed E-state index contributed by atoms with van der Waals surface area (Å²) in [5.41, 5.74) is 16.5. The smallest absolute Gasteiger partial charge is 0.135 e. The highest BCUT2D eigenvalue weighted by atomic mass is 16.5. The molecule has 4 aromatic rings. The summed E-state index contributed by atoms with van der Waals surface area (Å²) >= 11 is 0. The van der Waals surface area contributed by atoms with Crippen LogP contribution in [0.2, 0.25) is 0 Å². The average Bonchev–Trinajstić information content (AvgIpc) is 3.10. The van der Waals surface area contributed by atoms with E-state index in [0.29, 0.717) is 47.3 Å². The van der Waals surface area contributed by atoms with E-state index >= 15 is 0 Å². The molecule has 4 aromatic carbocycles. The van der Waals surface area contributed by atoms with E-state index in [2.05, 4.69) is 60.7 Å². The molecule has 0 aliphatic heterocycles. The predicted octanol–water partition coefficient (Wildman–Crippen LogP) is 8.12. The number of benzene rings is 4. The molecule has 0 aromatic heterocycles. The molecule has 0 radical (unpaired) electrons. The Hall–Kier alpha value is -3.68. The minimum Gasteiger partial charge on any atom is -0.457 e. The second kappa shape index (κ2) is 11.4. The molecular formula is C44H48N2O4. The number of hydrogen-bond acceptors (Lipinski definition) is 6. The Morgan fingerprint density at radius 1 is 0.500 bits per heavy atom. The van der Waals surface area contributed by atoms with Crippen molar-refractivity contribution in [2.75, 3.05) is 0 Å². The monoisotopic (exact) mass is 668 g/mol. The van der Waals surface area contributed by atoms with Crippen molar-refractivity contribution in [3.05, 3.63) is 108 Å². The molecule has 8 aliphatic carbocycles. The lowest BCUT2D eigenvalue weighted by molar-refractivity contribution is -0.150. The molecule has 8 fully saturated rings. The minimum atomic E-state index is -0.669. The third-order valence-corrected chi connectivity index (χ3v) is 14.2. The van der Waals surface area contributed by atoms with E-state index in [1.807, 2.05) is 36.4 Å². The molecule has 8 aliphatic rings. The van der Waals surface area contributed by atoms with Gasteiger partial charge in [-0.2, -0.15) is 0 Å². The number of para-hydroxylation sites is 2. The first kappa shape index (κ1) is 31.1. The molecule has 8 bridgehead atoms. The molecule has 0 heterocycles. The van der Waals surface area contributed by atoms with Crippen LogP contribution in [0.15, 0.2) is 97.1 Å². The topological polar surface area (TPSA) is 111 Å². The first-order valence-corrected chi connectivity index (χ1v) is 18.9. The van der Waals surface area contributed by atoms with Gasteiger partial charge in [0, 0.05) is 23.2 Å². The number of ether oxygens (including phenoxy) is 2. The summed E-state index contributed by atoms with van der Waals surface area (Å²) in [6.45, 7) is 0. The van der Waals surface area contributed by atoms with E-state index in [1.54, 1.807) is 0 Å². The normalized spacial score (nSPS) is 39.1. The van der Waals surface area contributed by atoms with Gasteiger partial charge in [-0.05, 0) is 146 Å². The molecule has 0 amide bonds. The summed E-state index contributed by atoms with van der Waals surface area (Å²) in [6, 6.07) is 33.2. The van der Waals surface area contributed by atoms with Gasteiger partial charge in [0.15, 0.2) is 0 Å². The van der Waals surface area contributed by atoms with E-state index < -0.39 is 11.2 Å². The maximum atomic E-state index is 11.2. The summed E-state index contributed by atoms with van der Waals surface area (Å²) in [7, 11) is 0. The third kappa shape index (κ3) is 4.90. The molecular weight excluding hydrogens is 620 g/mol. The van der Waals surface area contributed by atoms with Crippen molar-refractivity contribution < 1.29 is 19.7 Å². The Morgan fingerprint density at radius 3 is 1.32 bits per heavy atom. The van der Waals surface area contributed by atoms with Gasteiger partial charge < -0.3 is 31.2 Å². The first-order chi connectivity index (χ1) is 24.2. The van der Waals surface area contributed by atoms with Gasteiger partial charge in [-0.25, -0.2) is 0 Å². The van der Waals surface area contributed by atoms with Gasteiger partial charge in [0.1, 0.15) is 23.0 Å². The van der Waals surface area contributed by atoms with Gasteiger partial charge in [0.05, 0.1) is 11.2 Å². The standard InChI is InChI=1S/C44H48N2O4/c45-41-35-19-25-17-29(23-43(41,47)21-25)39(35)27-9-13-31(14-10-27)49-37-7-3-1-5-33(37)34-6-2-4-8-38(34)50-32-15-11-28(12-16-32)40-30-18-26-20-36(40)42(46)44(48,22-26)24-30/h1-16,25-26,29-30,35-36,39-42,47-48H,17-24,45-46H2. The van der Waals surface area contributed by atoms with Crippen molar-refractivity contribution >= 4 is 0 Å². The molecule has 12 atom stereocenters. The lowest BCUT2D eigenvalue weighted by Crippen LogP contribution is -2.66. The number of aliphatic hydroxyl groups is 2. The van der Waals surface area contributed by atoms with E-state index in [1.165, 1.54) is 24.0 Å². The van der Waals surface area contributed by atoms with E-state index in [-0.39, 0.29) is 12.1 Å². The van der Waals surface area contributed by atoms with Crippen molar-refractivity contribution in [3.8, 4) is 34.1 Å². The zero-order valence-corrected chi connectivity index (χ0v) is 28.5. The number of hydrogen-bond donors (Lipinski definition) is 4. The van der Waals surface area contributed by atoms with Crippen LogP contribution < -0.4 is 20.9 Å². The first-order valence-electron chi connectivity index (χ1n) is 18.9. The van der Waals surface area contributed by atoms with Crippen molar-refractivity contribution in [2.45, 2.75) is 86.5 Å². The fraction of sp³-hybridized carbons (Fsp3) is 0.455. The summed E-state index contributed by atoms with van der Waals surface area (Å²) in [5.74, 6) is 6.85. The molecule has 0 spiro atoms. The van der Waals surface area contributed by atoms with Crippen molar-refractivity contribution in [2.24, 2.45) is 47.0 Å². The largest absolute Gasteiger partial charge is 0.457 e. The number of rotatable bonds is 7. The maximum absolute atomic E-state index is 11.2. The van der Waals surface area contributed by atoms with Gasteiger partial charge in [-0.1, -0.05) is 60.7 Å². The zero-order valence-electron chi connectivity index (χ0n) is 28.5. The summed E-state index contributed by atoms with van der Waals surface area (Å²) in [4.78, 5) is 0. The van der Waals surface area contributed by atoms with Crippen LogP contribution in [0.3, 0.4) is 0 Å². The van der Waals surface area contributed by atoms with Crippen LogP contribution in [0, 0.1) is 35.5 Å². The Kier molecular flexibility index (Phi) is 7.10. The van der Waals surface area contributed by atoms with Crippen molar-refractivity contribution in [1.29, 1.82) is 0 Å². The van der Waals surface area contributed by atoms with Gasteiger partial charge in [-0.15, -0.1) is 0 Å². The quantitative estimate of drug-likeness (QED) is 0.158. The molecule has 6 heteroatoms. The minimum absolute atomic E-state index is 0.140. The van der Waals surface area contributed by atoms with Crippen LogP contribution in [0.25, 0.3) is 11.1 Å². The SMILES string of the molecule is NC1C2CC3CC(CC1(O)C3)C2c1ccc(Oc2ccccc2-c2ccccc2Oc2ccc(C3C4CC5CC3C(N)C(O)(C5)C4)cc2)cc1. The summed E-state index contributed by atoms with van der Waals surface area (Å²) < 4.78 is 13.1. The molecule has 50 heavy (non-hydrogen) atoms.